The van der Waals surface area contributed by atoms with Crippen molar-refractivity contribution in [3.63, 3.8) is 0 Å². The van der Waals surface area contributed by atoms with E-state index in [1.807, 2.05) is 6.92 Å². The lowest BCUT2D eigenvalue weighted by Crippen LogP contribution is -2.17. The van der Waals surface area contributed by atoms with Gasteiger partial charge >= 0.3 is 5.69 Å². The Morgan fingerprint density at radius 1 is 1.58 bits per heavy atom. The molecular weight excluding hydrogens is 264 g/mol. The van der Waals surface area contributed by atoms with Crippen LogP contribution < -0.4 is 5.32 Å². The van der Waals surface area contributed by atoms with Gasteiger partial charge in [0.25, 0.3) is 0 Å². The zero-order valence-corrected chi connectivity index (χ0v) is 12.8. The van der Waals surface area contributed by atoms with Crippen LogP contribution in [0, 0.1) is 23.0 Å². The molecule has 0 aliphatic rings. The summed E-state index contributed by atoms with van der Waals surface area (Å²) in [6.45, 7) is 7.25. The van der Waals surface area contributed by atoms with E-state index in [-0.39, 0.29) is 10.6 Å². The van der Waals surface area contributed by atoms with Crippen LogP contribution in [0.2, 0.25) is 0 Å². The van der Waals surface area contributed by atoms with Crippen LogP contribution in [-0.2, 0) is 6.54 Å². The summed E-state index contributed by atoms with van der Waals surface area (Å²) in [7, 11) is 0. The number of nitro groups is 1. The molecule has 0 radical (unpaired) electrons. The number of rotatable bonds is 8. The zero-order valence-electron chi connectivity index (χ0n) is 12.0. The van der Waals surface area contributed by atoms with Crippen LogP contribution in [0.3, 0.4) is 0 Å². The molecule has 0 bridgehead atoms. The first-order valence-electron chi connectivity index (χ1n) is 6.45. The van der Waals surface area contributed by atoms with Gasteiger partial charge in [0.05, 0.1) is 4.92 Å². The normalized spacial score (nSPS) is 12.4. The molecule has 1 rings (SSSR count). The highest BCUT2D eigenvalue weighted by Crippen LogP contribution is 2.28. The smallest absolute Gasteiger partial charge is 0.333 e. The van der Waals surface area contributed by atoms with Gasteiger partial charge in [-0.1, -0.05) is 13.8 Å². The van der Waals surface area contributed by atoms with Crippen LogP contribution in [0.4, 0.5) is 11.5 Å². The second kappa shape index (κ2) is 7.37. The van der Waals surface area contributed by atoms with Crippen molar-refractivity contribution in [3.05, 3.63) is 15.8 Å². The molecule has 1 unspecified atom stereocenters. The molecule has 7 heteroatoms. The number of aromatic nitrogens is 2. The number of thioether (sulfide) groups is 1. The highest BCUT2D eigenvalue weighted by atomic mass is 32.2. The van der Waals surface area contributed by atoms with Gasteiger partial charge in [-0.25, -0.2) is 4.68 Å². The Bertz CT molecular complexity index is 434. The molecule has 0 saturated heterocycles. The van der Waals surface area contributed by atoms with Gasteiger partial charge < -0.3 is 5.32 Å². The maximum atomic E-state index is 11.1. The molecule has 0 saturated carbocycles. The first kappa shape index (κ1) is 15.8. The number of hydrogen-bond donors (Lipinski definition) is 1. The quantitative estimate of drug-likeness (QED) is 0.587. The largest absolute Gasteiger partial charge is 0.364 e. The molecule has 1 N–H and O–H groups in total. The Hall–Kier alpha value is -1.24. The number of anilines is 1. The van der Waals surface area contributed by atoms with Crippen LogP contribution in [0.25, 0.3) is 0 Å². The minimum Gasteiger partial charge on any atom is -0.364 e. The van der Waals surface area contributed by atoms with E-state index < -0.39 is 0 Å². The third-order valence-electron chi connectivity index (χ3n) is 2.78. The van der Waals surface area contributed by atoms with Gasteiger partial charge in [0, 0.05) is 13.1 Å². The van der Waals surface area contributed by atoms with E-state index in [0.29, 0.717) is 24.0 Å². The molecule has 0 aromatic carbocycles. The zero-order chi connectivity index (χ0) is 14.4. The molecule has 19 heavy (non-hydrogen) atoms. The van der Waals surface area contributed by atoms with Gasteiger partial charge in [0.2, 0.25) is 5.82 Å². The van der Waals surface area contributed by atoms with Crippen LogP contribution >= 0.6 is 11.8 Å². The van der Waals surface area contributed by atoms with Crippen molar-refractivity contribution >= 4 is 23.3 Å². The fourth-order valence-corrected chi connectivity index (χ4v) is 2.64. The van der Waals surface area contributed by atoms with Crippen LogP contribution in [0.5, 0.6) is 0 Å². The average molecular weight is 286 g/mol. The molecule has 108 valence electrons. The molecule has 0 fully saturated rings. The molecular formula is C12H22N4O2S. The van der Waals surface area contributed by atoms with Crippen molar-refractivity contribution in [1.29, 1.82) is 0 Å². The SMILES string of the molecule is CCCn1nc(C)c([N+](=O)[O-])c1NCC(C)CSC. The summed E-state index contributed by atoms with van der Waals surface area (Å²) in [5.74, 6) is 2.03. The highest BCUT2D eigenvalue weighted by Gasteiger charge is 2.25. The van der Waals surface area contributed by atoms with Gasteiger partial charge in [0.15, 0.2) is 0 Å². The third kappa shape index (κ3) is 4.12. The summed E-state index contributed by atoms with van der Waals surface area (Å²) in [5, 5.41) is 18.6. The fourth-order valence-electron chi connectivity index (χ4n) is 1.95. The Morgan fingerprint density at radius 2 is 2.26 bits per heavy atom. The van der Waals surface area contributed by atoms with Crippen molar-refractivity contribution in [3.8, 4) is 0 Å². The molecule has 0 spiro atoms. The van der Waals surface area contributed by atoms with Gasteiger partial charge in [0.1, 0.15) is 5.69 Å². The summed E-state index contributed by atoms with van der Waals surface area (Å²) in [5.41, 5.74) is 0.572. The number of hydrogen-bond acceptors (Lipinski definition) is 5. The maximum Gasteiger partial charge on any atom is 0.333 e. The first-order chi connectivity index (χ1) is 9.01. The summed E-state index contributed by atoms with van der Waals surface area (Å²) in [4.78, 5) is 10.8. The van der Waals surface area contributed by atoms with E-state index in [1.54, 1.807) is 23.4 Å². The minimum absolute atomic E-state index is 0.102. The van der Waals surface area contributed by atoms with E-state index in [9.17, 15) is 10.1 Å². The van der Waals surface area contributed by atoms with Gasteiger partial charge in [-0.05, 0) is 31.3 Å². The number of aryl methyl sites for hydroxylation is 2. The number of nitrogens with zero attached hydrogens (tertiary/aromatic N) is 3. The molecule has 0 aliphatic carbocycles. The maximum absolute atomic E-state index is 11.1. The van der Waals surface area contributed by atoms with E-state index in [1.165, 1.54) is 0 Å². The highest BCUT2D eigenvalue weighted by molar-refractivity contribution is 7.98. The molecule has 6 nitrogen and oxygen atoms in total. The fraction of sp³-hybridized carbons (Fsp3) is 0.750. The lowest BCUT2D eigenvalue weighted by molar-refractivity contribution is -0.384. The van der Waals surface area contributed by atoms with Gasteiger partial charge in [-0.3, -0.25) is 10.1 Å². The molecule has 1 atom stereocenters. The average Bonchev–Trinajstić information content (AvgIpc) is 2.63. The van der Waals surface area contributed by atoms with Crippen LogP contribution in [0.15, 0.2) is 0 Å². The lowest BCUT2D eigenvalue weighted by atomic mass is 10.2. The van der Waals surface area contributed by atoms with Crippen molar-refractivity contribution in [2.75, 3.05) is 23.9 Å². The lowest BCUT2D eigenvalue weighted by Gasteiger charge is -2.13. The molecule has 1 aromatic rings. The summed E-state index contributed by atoms with van der Waals surface area (Å²) in [6, 6.07) is 0. The summed E-state index contributed by atoms with van der Waals surface area (Å²) >= 11 is 1.78. The number of nitrogens with one attached hydrogen (secondary N) is 1. The molecule has 0 aliphatic heterocycles. The van der Waals surface area contributed by atoms with Crippen molar-refractivity contribution in [2.24, 2.45) is 5.92 Å². The van der Waals surface area contributed by atoms with Crippen LogP contribution in [-0.4, -0.2) is 33.3 Å². The van der Waals surface area contributed by atoms with Gasteiger partial charge in [-0.15, -0.1) is 0 Å². The van der Waals surface area contributed by atoms with Crippen molar-refractivity contribution in [1.82, 2.24) is 9.78 Å². The molecule has 1 aromatic heterocycles. The Labute approximate surface area is 118 Å². The van der Waals surface area contributed by atoms with E-state index in [2.05, 4.69) is 23.6 Å². The third-order valence-corrected chi connectivity index (χ3v) is 3.69. The minimum atomic E-state index is -0.351. The predicted octanol–water partition coefficient (Wildman–Crippen LogP) is 2.92. The second-order valence-corrected chi connectivity index (χ2v) is 5.61. The van der Waals surface area contributed by atoms with Crippen molar-refractivity contribution < 1.29 is 4.92 Å². The Balaban J connectivity index is 2.91. The van der Waals surface area contributed by atoms with E-state index in [4.69, 9.17) is 0 Å². The van der Waals surface area contributed by atoms with E-state index >= 15 is 0 Å². The standard InChI is InChI=1S/C12H22N4O2S/c1-5-6-15-12(13-7-9(2)8-19-4)11(16(17)18)10(3)14-15/h9,13H,5-8H2,1-4H3. The Morgan fingerprint density at radius 3 is 2.79 bits per heavy atom. The Kier molecular flexibility index (Phi) is 6.14. The first-order valence-corrected chi connectivity index (χ1v) is 7.85. The summed E-state index contributed by atoms with van der Waals surface area (Å²) in [6.07, 6.45) is 2.96. The van der Waals surface area contributed by atoms with Crippen molar-refractivity contribution in [2.45, 2.75) is 33.7 Å². The van der Waals surface area contributed by atoms with E-state index in [0.717, 1.165) is 18.7 Å². The topological polar surface area (TPSA) is 73.0 Å². The summed E-state index contributed by atoms with van der Waals surface area (Å²) < 4.78 is 1.71. The molecule has 0 amide bonds. The second-order valence-electron chi connectivity index (χ2n) is 4.70. The van der Waals surface area contributed by atoms with Crippen LogP contribution in [0.1, 0.15) is 26.0 Å². The predicted molar refractivity (Wildman–Crippen MR) is 79.9 cm³/mol. The molecule has 1 heterocycles. The van der Waals surface area contributed by atoms with Gasteiger partial charge in [-0.2, -0.15) is 16.9 Å². The monoisotopic (exact) mass is 286 g/mol.